The average Bonchev–Trinajstić information content (AvgIpc) is 2.47. The molecule has 9 heteroatoms. The van der Waals surface area contributed by atoms with Crippen LogP contribution < -0.4 is 16.8 Å². The van der Waals surface area contributed by atoms with E-state index in [2.05, 4.69) is 10.3 Å². The van der Waals surface area contributed by atoms with Gasteiger partial charge in [-0.1, -0.05) is 23.7 Å². The van der Waals surface area contributed by atoms with Crippen LogP contribution in [-0.2, 0) is 9.84 Å². The van der Waals surface area contributed by atoms with E-state index in [4.69, 9.17) is 23.1 Å². The van der Waals surface area contributed by atoms with Crippen molar-refractivity contribution in [2.45, 2.75) is 11.8 Å². The van der Waals surface area contributed by atoms with Crippen molar-refractivity contribution in [1.29, 1.82) is 0 Å². The van der Waals surface area contributed by atoms with Crippen LogP contribution in [0, 0.1) is 6.92 Å². The van der Waals surface area contributed by atoms with Crippen LogP contribution in [-0.4, -0.2) is 26.5 Å². The minimum absolute atomic E-state index is 0.0628. The SMILES string of the molecule is Cc1cc(Nc2ccccc2Cl)c(S(C)(=O)=O)cc1C(=O)N=C(N)N. The van der Waals surface area contributed by atoms with Crippen molar-refractivity contribution in [3.05, 3.63) is 52.5 Å². The van der Waals surface area contributed by atoms with Crippen LogP contribution in [0.25, 0.3) is 0 Å². The van der Waals surface area contributed by atoms with E-state index in [1.54, 1.807) is 31.2 Å². The smallest absolute Gasteiger partial charge is 0.280 e. The van der Waals surface area contributed by atoms with Gasteiger partial charge in [-0.2, -0.15) is 4.99 Å². The first kappa shape index (κ1) is 18.8. The number of carbonyl (C=O) groups is 1. The molecule has 5 N–H and O–H groups in total. The van der Waals surface area contributed by atoms with E-state index in [0.717, 1.165) is 6.26 Å². The summed E-state index contributed by atoms with van der Waals surface area (Å²) >= 11 is 6.11. The molecular weight excluding hydrogens is 364 g/mol. The maximum atomic E-state index is 12.2. The van der Waals surface area contributed by atoms with Crippen LogP contribution in [0.2, 0.25) is 5.02 Å². The van der Waals surface area contributed by atoms with Gasteiger partial charge in [0.1, 0.15) is 0 Å². The van der Waals surface area contributed by atoms with Gasteiger partial charge in [-0.15, -0.1) is 0 Å². The zero-order valence-corrected chi connectivity index (χ0v) is 15.1. The van der Waals surface area contributed by atoms with Gasteiger partial charge < -0.3 is 16.8 Å². The Balaban J connectivity index is 2.62. The summed E-state index contributed by atoms with van der Waals surface area (Å²) in [5, 5.41) is 3.42. The molecule has 0 saturated carbocycles. The minimum atomic E-state index is -3.64. The van der Waals surface area contributed by atoms with Gasteiger partial charge in [0, 0.05) is 11.8 Å². The summed E-state index contributed by atoms with van der Waals surface area (Å²) in [4.78, 5) is 15.5. The molecule has 0 radical (unpaired) electrons. The predicted octanol–water partition coefficient (Wildman–Crippen LogP) is 2.21. The van der Waals surface area contributed by atoms with Crippen molar-refractivity contribution >= 4 is 44.7 Å². The number of nitrogens with zero attached hydrogens (tertiary/aromatic N) is 1. The molecule has 0 aliphatic carbocycles. The Labute approximate surface area is 150 Å². The molecule has 0 bridgehead atoms. The third-order valence-electron chi connectivity index (χ3n) is 3.33. The average molecular weight is 381 g/mol. The number of aliphatic imine (C=N–C) groups is 1. The molecule has 2 aromatic rings. The number of hydrogen-bond donors (Lipinski definition) is 3. The van der Waals surface area contributed by atoms with Gasteiger partial charge in [0.25, 0.3) is 5.91 Å². The van der Waals surface area contributed by atoms with Crippen LogP contribution >= 0.6 is 11.6 Å². The standard InChI is InChI=1S/C16H17ClN4O3S/c1-9-7-13(20-12-6-4-3-5-11(12)17)14(25(2,23)24)8-10(9)15(22)21-16(18)19/h3-8,20H,1-2H3,(H4,18,19,21,22). The number of nitrogens with one attached hydrogen (secondary N) is 1. The molecule has 25 heavy (non-hydrogen) atoms. The van der Waals surface area contributed by atoms with E-state index in [0.29, 0.717) is 22.0 Å². The second-order valence-corrected chi connectivity index (χ2v) is 7.77. The summed E-state index contributed by atoms with van der Waals surface area (Å²) < 4.78 is 24.3. The molecule has 0 unspecified atom stereocenters. The zero-order chi connectivity index (χ0) is 18.8. The molecule has 2 aromatic carbocycles. The lowest BCUT2D eigenvalue weighted by Crippen LogP contribution is -2.24. The van der Waals surface area contributed by atoms with E-state index < -0.39 is 21.7 Å². The fourth-order valence-corrected chi connectivity index (χ4v) is 3.23. The molecule has 0 saturated heterocycles. The molecule has 0 spiro atoms. The number of nitrogens with two attached hydrogens (primary N) is 2. The summed E-state index contributed by atoms with van der Waals surface area (Å²) in [6.07, 6.45) is 1.05. The highest BCUT2D eigenvalue weighted by Gasteiger charge is 2.20. The Kier molecular flexibility index (Phi) is 5.34. The Hall–Kier alpha value is -2.58. The van der Waals surface area contributed by atoms with E-state index >= 15 is 0 Å². The van der Waals surface area contributed by atoms with Crippen LogP contribution in [0.4, 0.5) is 11.4 Å². The van der Waals surface area contributed by atoms with Crippen LogP contribution in [0.5, 0.6) is 0 Å². The third-order valence-corrected chi connectivity index (χ3v) is 4.80. The number of hydrogen-bond acceptors (Lipinski definition) is 4. The molecule has 0 aliphatic rings. The van der Waals surface area contributed by atoms with Gasteiger partial charge in [0.2, 0.25) is 0 Å². The van der Waals surface area contributed by atoms with Crippen molar-refractivity contribution in [2.75, 3.05) is 11.6 Å². The van der Waals surface area contributed by atoms with E-state index in [1.807, 2.05) is 0 Å². The highest BCUT2D eigenvalue weighted by Crippen LogP contribution is 2.31. The highest BCUT2D eigenvalue weighted by molar-refractivity contribution is 7.90. The lowest BCUT2D eigenvalue weighted by Gasteiger charge is -2.15. The number of rotatable bonds is 4. The van der Waals surface area contributed by atoms with Crippen LogP contribution in [0.3, 0.4) is 0 Å². The summed E-state index contributed by atoms with van der Waals surface area (Å²) in [5.41, 5.74) is 11.9. The maximum Gasteiger partial charge on any atom is 0.280 e. The first-order valence-electron chi connectivity index (χ1n) is 7.10. The van der Waals surface area contributed by atoms with Gasteiger partial charge in [0.15, 0.2) is 15.8 Å². The summed E-state index contributed by atoms with van der Waals surface area (Å²) in [5.74, 6) is -1.12. The number of para-hydroxylation sites is 1. The molecule has 7 nitrogen and oxygen atoms in total. The Morgan fingerprint density at radius 1 is 1.16 bits per heavy atom. The number of benzene rings is 2. The third kappa shape index (κ3) is 4.49. The van der Waals surface area contributed by atoms with Gasteiger partial charge in [-0.05, 0) is 36.8 Å². The number of anilines is 2. The molecule has 0 atom stereocenters. The second kappa shape index (κ2) is 7.12. The minimum Gasteiger partial charge on any atom is -0.370 e. The van der Waals surface area contributed by atoms with Crippen molar-refractivity contribution in [3.8, 4) is 0 Å². The van der Waals surface area contributed by atoms with Crippen molar-refractivity contribution in [3.63, 3.8) is 0 Å². The number of halogens is 1. The second-order valence-electron chi connectivity index (χ2n) is 5.38. The first-order valence-corrected chi connectivity index (χ1v) is 9.36. The van der Waals surface area contributed by atoms with Crippen molar-refractivity contribution in [2.24, 2.45) is 16.5 Å². The summed E-state index contributed by atoms with van der Waals surface area (Å²) in [6.45, 7) is 1.65. The number of aryl methyl sites for hydroxylation is 1. The Morgan fingerprint density at radius 2 is 1.80 bits per heavy atom. The molecule has 2 rings (SSSR count). The number of carbonyl (C=O) groups excluding carboxylic acids is 1. The number of guanidine groups is 1. The number of sulfone groups is 1. The van der Waals surface area contributed by atoms with Gasteiger partial charge in [0.05, 0.1) is 21.3 Å². The normalized spacial score (nSPS) is 11.0. The fraction of sp³-hybridized carbons (Fsp3) is 0.125. The monoisotopic (exact) mass is 380 g/mol. The summed E-state index contributed by atoms with van der Waals surface area (Å²) in [6, 6.07) is 9.69. The lowest BCUT2D eigenvalue weighted by atomic mass is 10.1. The highest BCUT2D eigenvalue weighted by atomic mass is 35.5. The molecule has 132 valence electrons. The van der Waals surface area contributed by atoms with Gasteiger partial charge in [-0.25, -0.2) is 8.42 Å². The van der Waals surface area contributed by atoms with E-state index in [9.17, 15) is 13.2 Å². The van der Waals surface area contributed by atoms with Crippen molar-refractivity contribution < 1.29 is 13.2 Å². The molecule has 1 amide bonds. The molecule has 0 heterocycles. The van der Waals surface area contributed by atoms with Crippen molar-refractivity contribution in [1.82, 2.24) is 0 Å². The predicted molar refractivity (Wildman–Crippen MR) is 99.2 cm³/mol. The topological polar surface area (TPSA) is 128 Å². The quantitative estimate of drug-likeness (QED) is 0.551. The zero-order valence-electron chi connectivity index (χ0n) is 13.6. The van der Waals surface area contributed by atoms with E-state index in [-0.39, 0.29) is 10.5 Å². The molecule has 0 aliphatic heterocycles. The van der Waals surface area contributed by atoms with Gasteiger partial charge in [-0.3, -0.25) is 4.79 Å². The van der Waals surface area contributed by atoms with Crippen LogP contribution in [0.1, 0.15) is 15.9 Å². The molecule has 0 fully saturated rings. The maximum absolute atomic E-state index is 12.2. The Bertz CT molecular complexity index is 967. The van der Waals surface area contributed by atoms with E-state index in [1.165, 1.54) is 12.1 Å². The van der Waals surface area contributed by atoms with Gasteiger partial charge >= 0.3 is 0 Å². The Morgan fingerprint density at radius 3 is 2.36 bits per heavy atom. The lowest BCUT2D eigenvalue weighted by molar-refractivity contribution is 0.100. The largest absolute Gasteiger partial charge is 0.370 e. The first-order chi connectivity index (χ1) is 11.6. The molecular formula is C16H17ClN4O3S. The fourth-order valence-electron chi connectivity index (χ4n) is 2.21. The van der Waals surface area contributed by atoms with Crippen LogP contribution in [0.15, 0.2) is 46.3 Å². The molecule has 0 aromatic heterocycles. The number of amides is 1. The summed E-state index contributed by atoms with van der Waals surface area (Å²) in [7, 11) is -3.64.